The molecule has 86 valence electrons. The fourth-order valence-electron chi connectivity index (χ4n) is 1.27. The highest BCUT2D eigenvalue weighted by Crippen LogP contribution is 2.19. The highest BCUT2D eigenvalue weighted by molar-refractivity contribution is 7.80. The molecule has 1 aromatic carbocycles. The second kappa shape index (κ2) is 6.61. The molecule has 0 unspecified atom stereocenters. The molecule has 0 atom stereocenters. The van der Waals surface area contributed by atoms with Crippen LogP contribution in [0.5, 0.6) is 0 Å². The Kier molecular flexibility index (Phi) is 5.43. The number of carboxylic acid groups (broad SMARTS) is 1. The van der Waals surface area contributed by atoms with Crippen molar-refractivity contribution in [2.75, 3.05) is 5.75 Å². The van der Waals surface area contributed by atoms with Crippen molar-refractivity contribution in [3.05, 3.63) is 40.4 Å². The first-order valence-corrected chi connectivity index (χ1v) is 5.92. The molecule has 4 heteroatoms. The third-order valence-electron chi connectivity index (χ3n) is 2.02. The van der Waals surface area contributed by atoms with Gasteiger partial charge >= 0.3 is 5.97 Å². The quantitative estimate of drug-likeness (QED) is 0.794. The van der Waals surface area contributed by atoms with Gasteiger partial charge in [0.25, 0.3) is 0 Å². The van der Waals surface area contributed by atoms with Crippen molar-refractivity contribution in [1.29, 1.82) is 0 Å². The minimum absolute atomic E-state index is 0.0422. The van der Waals surface area contributed by atoms with Crippen molar-refractivity contribution in [1.82, 2.24) is 0 Å². The minimum Gasteiger partial charge on any atom is -0.481 e. The average Bonchev–Trinajstić information content (AvgIpc) is 2.22. The van der Waals surface area contributed by atoms with Crippen LogP contribution in [0, 0.1) is 0 Å². The number of hydrogen-bond donors (Lipinski definition) is 2. The normalized spacial score (nSPS) is 10.9. The second-order valence-electron chi connectivity index (χ2n) is 3.34. The molecule has 0 saturated heterocycles. The predicted octanol–water partition coefficient (Wildman–Crippen LogP) is 3.30. The van der Waals surface area contributed by atoms with Gasteiger partial charge in [-0.25, -0.2) is 0 Å². The number of allylic oxidation sites excluding steroid dienone is 1. The largest absolute Gasteiger partial charge is 0.481 e. The van der Waals surface area contributed by atoms with Gasteiger partial charge in [0.2, 0.25) is 0 Å². The molecule has 0 aliphatic heterocycles. The van der Waals surface area contributed by atoms with Crippen LogP contribution in [0.1, 0.15) is 17.5 Å². The number of halogens is 1. The van der Waals surface area contributed by atoms with Gasteiger partial charge < -0.3 is 5.11 Å². The van der Waals surface area contributed by atoms with Crippen LogP contribution in [0.25, 0.3) is 6.08 Å². The minimum atomic E-state index is -0.875. The summed E-state index contributed by atoms with van der Waals surface area (Å²) in [7, 11) is 0. The van der Waals surface area contributed by atoms with Crippen molar-refractivity contribution in [3.8, 4) is 0 Å². The monoisotopic (exact) mass is 256 g/mol. The fourth-order valence-corrected chi connectivity index (χ4v) is 1.67. The van der Waals surface area contributed by atoms with Crippen LogP contribution in [-0.4, -0.2) is 16.8 Å². The Morgan fingerprint density at radius 1 is 1.50 bits per heavy atom. The average molecular weight is 257 g/mol. The maximum atomic E-state index is 10.5. The van der Waals surface area contributed by atoms with Crippen LogP contribution in [-0.2, 0) is 11.2 Å². The van der Waals surface area contributed by atoms with Crippen molar-refractivity contribution in [2.24, 2.45) is 0 Å². The maximum absolute atomic E-state index is 10.5. The highest BCUT2D eigenvalue weighted by atomic mass is 35.5. The molecule has 0 aliphatic carbocycles. The molecule has 0 radical (unpaired) electrons. The molecular formula is C12H13ClO2S. The SMILES string of the molecule is O=C(O)Cc1ccc(C=CCCS)cc1Cl. The Labute approximate surface area is 105 Å². The van der Waals surface area contributed by atoms with E-state index >= 15 is 0 Å². The molecule has 1 aromatic rings. The summed E-state index contributed by atoms with van der Waals surface area (Å²) in [6, 6.07) is 5.38. The van der Waals surface area contributed by atoms with Gasteiger partial charge in [-0.2, -0.15) is 12.6 Å². The van der Waals surface area contributed by atoms with E-state index in [-0.39, 0.29) is 6.42 Å². The summed E-state index contributed by atoms with van der Waals surface area (Å²) in [4.78, 5) is 10.5. The topological polar surface area (TPSA) is 37.3 Å². The maximum Gasteiger partial charge on any atom is 0.307 e. The van der Waals surface area contributed by atoms with E-state index in [1.807, 2.05) is 18.2 Å². The lowest BCUT2D eigenvalue weighted by Crippen LogP contribution is -2.00. The van der Waals surface area contributed by atoms with Gasteiger partial charge in [0, 0.05) is 5.02 Å². The van der Waals surface area contributed by atoms with Crippen LogP contribution in [0.3, 0.4) is 0 Å². The summed E-state index contributed by atoms with van der Waals surface area (Å²) < 4.78 is 0. The van der Waals surface area contributed by atoms with Gasteiger partial charge in [0.1, 0.15) is 0 Å². The molecular weight excluding hydrogens is 244 g/mol. The van der Waals surface area contributed by atoms with E-state index in [4.69, 9.17) is 16.7 Å². The summed E-state index contributed by atoms with van der Waals surface area (Å²) in [6.07, 6.45) is 4.82. The van der Waals surface area contributed by atoms with E-state index in [2.05, 4.69) is 12.6 Å². The summed E-state index contributed by atoms with van der Waals surface area (Å²) >= 11 is 10.1. The molecule has 0 amide bonds. The number of carbonyl (C=O) groups is 1. The summed E-state index contributed by atoms with van der Waals surface area (Å²) in [5.41, 5.74) is 1.61. The third-order valence-corrected chi connectivity index (χ3v) is 2.63. The van der Waals surface area contributed by atoms with Crippen molar-refractivity contribution >= 4 is 36.3 Å². The first-order valence-electron chi connectivity index (χ1n) is 4.91. The van der Waals surface area contributed by atoms with Crippen LogP contribution in [0.4, 0.5) is 0 Å². The lowest BCUT2D eigenvalue weighted by atomic mass is 10.1. The van der Waals surface area contributed by atoms with E-state index in [1.165, 1.54) is 0 Å². The third kappa shape index (κ3) is 4.29. The first-order chi connectivity index (χ1) is 7.63. The molecule has 0 heterocycles. The smallest absolute Gasteiger partial charge is 0.307 e. The lowest BCUT2D eigenvalue weighted by molar-refractivity contribution is -0.136. The van der Waals surface area contributed by atoms with Crippen LogP contribution in [0.2, 0.25) is 5.02 Å². The molecule has 1 N–H and O–H groups in total. The first kappa shape index (κ1) is 13.1. The van der Waals surface area contributed by atoms with Crippen LogP contribution >= 0.6 is 24.2 Å². The summed E-state index contributed by atoms with van der Waals surface area (Å²) in [5.74, 6) is -0.0679. The number of benzene rings is 1. The van der Waals surface area contributed by atoms with E-state index < -0.39 is 5.97 Å². The van der Waals surface area contributed by atoms with Gasteiger partial charge in [0.15, 0.2) is 0 Å². The second-order valence-corrected chi connectivity index (χ2v) is 4.19. The van der Waals surface area contributed by atoms with E-state index in [9.17, 15) is 4.79 Å². The molecule has 2 nitrogen and oxygen atoms in total. The van der Waals surface area contributed by atoms with E-state index in [1.54, 1.807) is 12.1 Å². The molecule has 0 bridgehead atoms. The van der Waals surface area contributed by atoms with Gasteiger partial charge in [-0.15, -0.1) is 0 Å². The standard InChI is InChI=1S/C12H13ClO2S/c13-11-7-9(3-1-2-6-16)4-5-10(11)8-12(14)15/h1,3-5,7,16H,2,6,8H2,(H,14,15). The van der Waals surface area contributed by atoms with E-state index in [0.717, 1.165) is 17.7 Å². The number of rotatable bonds is 5. The number of carboxylic acids is 1. The molecule has 1 rings (SSSR count). The summed E-state index contributed by atoms with van der Waals surface area (Å²) in [6.45, 7) is 0. The molecule has 0 spiro atoms. The van der Waals surface area contributed by atoms with Crippen molar-refractivity contribution in [2.45, 2.75) is 12.8 Å². The molecule has 16 heavy (non-hydrogen) atoms. The molecule has 0 aromatic heterocycles. The Morgan fingerprint density at radius 3 is 2.81 bits per heavy atom. The van der Waals surface area contributed by atoms with Gasteiger partial charge in [-0.3, -0.25) is 4.79 Å². The fraction of sp³-hybridized carbons (Fsp3) is 0.250. The molecule has 0 aliphatic rings. The Morgan fingerprint density at radius 2 is 2.25 bits per heavy atom. The molecule has 0 saturated carbocycles. The van der Waals surface area contributed by atoms with Gasteiger partial charge in [-0.1, -0.05) is 35.9 Å². The Hall–Kier alpha value is -0.930. The molecule has 0 fully saturated rings. The predicted molar refractivity (Wildman–Crippen MR) is 70.3 cm³/mol. The number of aliphatic carboxylic acids is 1. The zero-order chi connectivity index (χ0) is 12.0. The van der Waals surface area contributed by atoms with Crippen molar-refractivity contribution in [3.63, 3.8) is 0 Å². The zero-order valence-corrected chi connectivity index (χ0v) is 10.3. The highest BCUT2D eigenvalue weighted by Gasteiger charge is 2.05. The van der Waals surface area contributed by atoms with Crippen molar-refractivity contribution < 1.29 is 9.90 Å². The van der Waals surface area contributed by atoms with Crippen LogP contribution < -0.4 is 0 Å². The zero-order valence-electron chi connectivity index (χ0n) is 8.69. The Balaban J connectivity index is 2.78. The van der Waals surface area contributed by atoms with Crippen LogP contribution in [0.15, 0.2) is 24.3 Å². The van der Waals surface area contributed by atoms with E-state index in [0.29, 0.717) is 10.6 Å². The number of thiol groups is 1. The number of hydrogen-bond acceptors (Lipinski definition) is 2. The lowest BCUT2D eigenvalue weighted by Gasteiger charge is -2.02. The van der Waals surface area contributed by atoms with Gasteiger partial charge in [0.05, 0.1) is 6.42 Å². The van der Waals surface area contributed by atoms with Gasteiger partial charge in [-0.05, 0) is 29.4 Å². The summed E-state index contributed by atoms with van der Waals surface area (Å²) in [5, 5.41) is 9.15. The Bertz CT molecular complexity index is 402.